The number of amides is 2. The summed E-state index contributed by atoms with van der Waals surface area (Å²) < 4.78 is 0. The Morgan fingerprint density at radius 3 is 2.42 bits per heavy atom. The summed E-state index contributed by atoms with van der Waals surface area (Å²) in [5.74, 6) is -0.386. The number of aryl methyl sites for hydroxylation is 1. The summed E-state index contributed by atoms with van der Waals surface area (Å²) in [4.78, 5) is 24.0. The van der Waals surface area contributed by atoms with Crippen molar-refractivity contribution in [1.82, 2.24) is 0 Å². The second-order valence-electron chi connectivity index (χ2n) is 5.27. The summed E-state index contributed by atoms with van der Waals surface area (Å²) in [6.07, 6.45) is 1.02. The molecule has 126 valence electrons. The fourth-order valence-electron chi connectivity index (χ4n) is 2.23. The van der Waals surface area contributed by atoms with E-state index in [1.165, 1.54) is 0 Å². The minimum Gasteiger partial charge on any atom is -0.330 e. The smallest absolute Gasteiger partial charge is 0.255 e. The molecule has 0 unspecified atom stereocenters. The molecule has 2 rings (SSSR count). The zero-order chi connectivity index (χ0) is 17.5. The van der Waals surface area contributed by atoms with Crippen molar-refractivity contribution in [3.05, 3.63) is 58.6 Å². The first kappa shape index (κ1) is 18.0. The SMILES string of the molecule is CCc1ccc(NC(=O)c2ccc(Cl)cc2)cc1NC(=O)CCN. The summed E-state index contributed by atoms with van der Waals surface area (Å²) in [6, 6.07) is 12.1. The van der Waals surface area contributed by atoms with Crippen molar-refractivity contribution in [2.24, 2.45) is 5.73 Å². The molecule has 5 nitrogen and oxygen atoms in total. The van der Waals surface area contributed by atoms with Crippen molar-refractivity contribution in [3.63, 3.8) is 0 Å². The average molecular weight is 346 g/mol. The number of hydrogen-bond acceptors (Lipinski definition) is 3. The Morgan fingerprint density at radius 1 is 1.08 bits per heavy atom. The predicted octanol–water partition coefficient (Wildman–Crippen LogP) is 3.44. The molecule has 0 bridgehead atoms. The molecular weight excluding hydrogens is 326 g/mol. The molecule has 2 amide bonds. The van der Waals surface area contributed by atoms with Crippen molar-refractivity contribution in [1.29, 1.82) is 0 Å². The normalized spacial score (nSPS) is 10.3. The Morgan fingerprint density at radius 2 is 1.79 bits per heavy atom. The van der Waals surface area contributed by atoms with E-state index in [-0.39, 0.29) is 18.2 Å². The molecule has 0 saturated carbocycles. The Hall–Kier alpha value is -2.37. The van der Waals surface area contributed by atoms with E-state index in [1.54, 1.807) is 30.3 Å². The maximum absolute atomic E-state index is 12.3. The number of nitrogens with two attached hydrogens (primary N) is 1. The first-order valence-corrected chi connectivity index (χ1v) is 8.11. The van der Waals surface area contributed by atoms with Gasteiger partial charge in [-0.2, -0.15) is 0 Å². The molecule has 2 aromatic carbocycles. The molecule has 0 aliphatic heterocycles. The summed E-state index contributed by atoms with van der Waals surface area (Å²) in [7, 11) is 0. The minimum absolute atomic E-state index is 0.145. The molecular formula is C18H20ClN3O2. The zero-order valence-corrected chi connectivity index (χ0v) is 14.2. The van der Waals surface area contributed by atoms with E-state index in [1.807, 2.05) is 19.1 Å². The highest BCUT2D eigenvalue weighted by Crippen LogP contribution is 2.22. The van der Waals surface area contributed by atoms with Gasteiger partial charge in [0.05, 0.1) is 0 Å². The third-order valence-corrected chi connectivity index (χ3v) is 3.75. The monoisotopic (exact) mass is 345 g/mol. The van der Waals surface area contributed by atoms with E-state index in [0.717, 1.165) is 12.0 Å². The number of hydrogen-bond donors (Lipinski definition) is 3. The molecule has 6 heteroatoms. The average Bonchev–Trinajstić information content (AvgIpc) is 2.56. The largest absolute Gasteiger partial charge is 0.330 e. The van der Waals surface area contributed by atoms with Gasteiger partial charge in [-0.05, 0) is 48.4 Å². The van der Waals surface area contributed by atoms with Crippen molar-refractivity contribution in [2.45, 2.75) is 19.8 Å². The molecule has 0 saturated heterocycles. The molecule has 0 aliphatic rings. The van der Waals surface area contributed by atoms with Gasteiger partial charge in [-0.25, -0.2) is 0 Å². The van der Waals surface area contributed by atoms with Gasteiger partial charge in [-0.15, -0.1) is 0 Å². The van der Waals surface area contributed by atoms with E-state index in [0.29, 0.717) is 28.5 Å². The van der Waals surface area contributed by atoms with Crippen LogP contribution in [0.15, 0.2) is 42.5 Å². The topological polar surface area (TPSA) is 84.2 Å². The maximum atomic E-state index is 12.3. The summed E-state index contributed by atoms with van der Waals surface area (Å²) in [6.45, 7) is 2.29. The molecule has 0 aromatic heterocycles. The fraction of sp³-hybridized carbons (Fsp3) is 0.222. The Balaban J connectivity index is 2.16. The van der Waals surface area contributed by atoms with Gasteiger partial charge >= 0.3 is 0 Å². The Kier molecular flexibility index (Phi) is 6.35. The van der Waals surface area contributed by atoms with Crippen LogP contribution in [0.3, 0.4) is 0 Å². The zero-order valence-electron chi connectivity index (χ0n) is 13.4. The lowest BCUT2D eigenvalue weighted by Crippen LogP contribution is -2.17. The van der Waals surface area contributed by atoms with E-state index < -0.39 is 0 Å². The molecule has 2 aromatic rings. The van der Waals surface area contributed by atoms with Crippen molar-refractivity contribution in [2.75, 3.05) is 17.2 Å². The third kappa shape index (κ3) is 4.81. The quantitative estimate of drug-likeness (QED) is 0.749. The van der Waals surface area contributed by atoms with Crippen LogP contribution in [-0.2, 0) is 11.2 Å². The number of carbonyl (C=O) groups is 2. The summed E-state index contributed by atoms with van der Waals surface area (Å²) in [5, 5.41) is 6.23. The fourth-order valence-corrected chi connectivity index (χ4v) is 2.35. The Bertz CT molecular complexity index is 730. The molecule has 0 spiro atoms. The van der Waals surface area contributed by atoms with Gasteiger partial charge in [0.15, 0.2) is 0 Å². The van der Waals surface area contributed by atoms with E-state index in [9.17, 15) is 9.59 Å². The van der Waals surface area contributed by atoms with Crippen molar-refractivity contribution in [3.8, 4) is 0 Å². The van der Waals surface area contributed by atoms with Crippen molar-refractivity contribution < 1.29 is 9.59 Å². The number of rotatable bonds is 6. The second kappa shape index (κ2) is 8.47. The van der Waals surface area contributed by atoms with Crippen LogP contribution in [0.25, 0.3) is 0 Å². The first-order valence-electron chi connectivity index (χ1n) is 7.73. The predicted molar refractivity (Wildman–Crippen MR) is 97.5 cm³/mol. The molecule has 0 fully saturated rings. The van der Waals surface area contributed by atoms with Crippen LogP contribution in [0.2, 0.25) is 5.02 Å². The highest BCUT2D eigenvalue weighted by Gasteiger charge is 2.10. The third-order valence-electron chi connectivity index (χ3n) is 3.50. The van der Waals surface area contributed by atoms with Gasteiger partial charge in [0, 0.05) is 34.9 Å². The number of halogens is 1. The van der Waals surface area contributed by atoms with Gasteiger partial charge in [0.1, 0.15) is 0 Å². The van der Waals surface area contributed by atoms with Crippen LogP contribution < -0.4 is 16.4 Å². The molecule has 24 heavy (non-hydrogen) atoms. The van der Waals surface area contributed by atoms with E-state index in [4.69, 9.17) is 17.3 Å². The number of anilines is 2. The van der Waals surface area contributed by atoms with Crippen LogP contribution in [0.1, 0.15) is 29.3 Å². The van der Waals surface area contributed by atoms with Crippen LogP contribution in [-0.4, -0.2) is 18.4 Å². The lowest BCUT2D eigenvalue weighted by molar-refractivity contribution is -0.116. The lowest BCUT2D eigenvalue weighted by Gasteiger charge is -2.13. The van der Waals surface area contributed by atoms with Gasteiger partial charge in [0.2, 0.25) is 5.91 Å². The minimum atomic E-state index is -0.241. The van der Waals surface area contributed by atoms with Crippen LogP contribution in [0.5, 0.6) is 0 Å². The number of benzene rings is 2. The molecule has 0 atom stereocenters. The van der Waals surface area contributed by atoms with Crippen LogP contribution in [0, 0.1) is 0 Å². The number of nitrogens with one attached hydrogen (secondary N) is 2. The van der Waals surface area contributed by atoms with Gasteiger partial charge in [0.25, 0.3) is 5.91 Å². The highest BCUT2D eigenvalue weighted by atomic mass is 35.5. The van der Waals surface area contributed by atoms with E-state index >= 15 is 0 Å². The van der Waals surface area contributed by atoms with Crippen LogP contribution in [0.4, 0.5) is 11.4 Å². The van der Waals surface area contributed by atoms with Gasteiger partial charge in [-0.1, -0.05) is 24.6 Å². The maximum Gasteiger partial charge on any atom is 0.255 e. The van der Waals surface area contributed by atoms with Gasteiger partial charge in [-0.3, -0.25) is 9.59 Å². The van der Waals surface area contributed by atoms with Crippen molar-refractivity contribution >= 4 is 34.8 Å². The van der Waals surface area contributed by atoms with E-state index in [2.05, 4.69) is 10.6 Å². The molecule has 0 heterocycles. The van der Waals surface area contributed by atoms with Gasteiger partial charge < -0.3 is 16.4 Å². The summed E-state index contributed by atoms with van der Waals surface area (Å²) >= 11 is 5.82. The number of carbonyl (C=O) groups excluding carboxylic acids is 2. The summed E-state index contributed by atoms with van der Waals surface area (Å²) in [5.41, 5.74) is 8.19. The first-order chi connectivity index (χ1) is 11.5. The highest BCUT2D eigenvalue weighted by molar-refractivity contribution is 6.30. The molecule has 0 aliphatic carbocycles. The Labute approximate surface area is 146 Å². The molecule has 0 radical (unpaired) electrons. The van der Waals surface area contributed by atoms with Crippen LogP contribution >= 0.6 is 11.6 Å². The second-order valence-corrected chi connectivity index (χ2v) is 5.71. The standard InChI is InChI=1S/C18H20ClN3O2/c1-2-12-5-8-15(11-16(12)22-17(23)9-10-20)21-18(24)13-3-6-14(19)7-4-13/h3-8,11H,2,9-10,20H2,1H3,(H,21,24)(H,22,23). The molecule has 4 N–H and O–H groups in total. The lowest BCUT2D eigenvalue weighted by atomic mass is 10.1.